The van der Waals surface area contributed by atoms with Crippen molar-refractivity contribution in [1.29, 1.82) is 0 Å². The van der Waals surface area contributed by atoms with Gasteiger partial charge in [0.15, 0.2) is 0 Å². The fourth-order valence-corrected chi connectivity index (χ4v) is 5.45. The maximum atomic E-state index is 14.6. The fraction of sp³-hybridized carbons (Fsp3) is 0.0952. The molecular formula is C21H13FN2O4S. The van der Waals surface area contributed by atoms with Gasteiger partial charge in [-0.15, -0.1) is 11.3 Å². The maximum absolute atomic E-state index is 14.6. The van der Waals surface area contributed by atoms with E-state index in [2.05, 4.69) is 10.6 Å². The second-order valence-electron chi connectivity index (χ2n) is 6.93. The molecule has 3 heterocycles. The van der Waals surface area contributed by atoms with E-state index in [4.69, 9.17) is 0 Å². The summed E-state index contributed by atoms with van der Waals surface area (Å²) >= 11 is 0.897. The number of halogens is 1. The summed E-state index contributed by atoms with van der Waals surface area (Å²) in [6.07, 6.45) is -0.154. The molecule has 1 aromatic heterocycles. The SMILES string of the molecule is O=C1CC2(C(=O)Nc3ccccc32)c2sc(C(=O)O)c(-c3ccccc3F)c2N1. The number of aromatic carboxylic acids is 1. The lowest BCUT2D eigenvalue weighted by Crippen LogP contribution is -2.42. The highest BCUT2D eigenvalue weighted by Crippen LogP contribution is 2.56. The lowest BCUT2D eigenvalue weighted by molar-refractivity contribution is -0.125. The number of carbonyl (C=O) groups is 3. The molecule has 144 valence electrons. The fourth-order valence-electron chi connectivity index (χ4n) is 4.14. The zero-order valence-electron chi connectivity index (χ0n) is 14.8. The molecule has 0 radical (unpaired) electrons. The summed E-state index contributed by atoms with van der Waals surface area (Å²) in [5, 5.41) is 15.3. The third kappa shape index (κ3) is 2.29. The van der Waals surface area contributed by atoms with Crippen molar-refractivity contribution in [3.63, 3.8) is 0 Å². The number of nitrogens with one attached hydrogen (secondary N) is 2. The molecule has 5 rings (SSSR count). The van der Waals surface area contributed by atoms with Crippen molar-refractivity contribution >= 4 is 40.5 Å². The van der Waals surface area contributed by atoms with E-state index < -0.39 is 29.0 Å². The number of carboxylic acid groups (broad SMARTS) is 1. The number of amides is 2. The second kappa shape index (κ2) is 5.99. The first-order valence-corrected chi connectivity index (χ1v) is 9.61. The largest absolute Gasteiger partial charge is 0.477 e. The summed E-state index contributed by atoms with van der Waals surface area (Å²) in [4.78, 5) is 38.0. The van der Waals surface area contributed by atoms with Crippen LogP contribution in [0.2, 0.25) is 0 Å². The van der Waals surface area contributed by atoms with E-state index >= 15 is 0 Å². The predicted molar refractivity (Wildman–Crippen MR) is 106 cm³/mol. The van der Waals surface area contributed by atoms with Gasteiger partial charge in [-0.3, -0.25) is 9.59 Å². The Bertz CT molecular complexity index is 1240. The third-order valence-electron chi connectivity index (χ3n) is 5.35. The van der Waals surface area contributed by atoms with E-state index in [-0.39, 0.29) is 28.1 Å². The Balaban J connectivity index is 1.87. The van der Waals surface area contributed by atoms with E-state index in [1.165, 1.54) is 18.2 Å². The Morgan fingerprint density at radius 2 is 1.79 bits per heavy atom. The number of anilines is 2. The molecule has 6 nitrogen and oxygen atoms in total. The standard InChI is InChI=1S/C21H13FN2O4S/c22-12-7-3-1-5-10(12)15-16-18(29-17(15)19(26)27)21(9-14(25)24-16)11-6-2-4-8-13(11)23-20(21)28/h1-8H,9H2,(H,23,28)(H,24,25)(H,26,27). The summed E-state index contributed by atoms with van der Waals surface area (Å²) in [5.41, 5.74) is 0.176. The quantitative estimate of drug-likeness (QED) is 0.601. The molecule has 1 unspecified atom stereocenters. The minimum absolute atomic E-state index is 0.0615. The molecule has 2 aromatic carbocycles. The summed E-state index contributed by atoms with van der Waals surface area (Å²) < 4.78 is 14.6. The highest BCUT2D eigenvalue weighted by atomic mass is 32.1. The van der Waals surface area contributed by atoms with E-state index in [1.807, 2.05) is 0 Å². The average Bonchev–Trinajstić information content (AvgIpc) is 3.19. The Kier molecular flexibility index (Phi) is 3.63. The van der Waals surface area contributed by atoms with Crippen LogP contribution in [0.25, 0.3) is 11.1 Å². The van der Waals surface area contributed by atoms with Gasteiger partial charge in [-0.2, -0.15) is 0 Å². The van der Waals surface area contributed by atoms with Gasteiger partial charge in [0.1, 0.15) is 16.1 Å². The number of rotatable bonds is 2. The molecule has 1 atom stereocenters. The second-order valence-corrected chi connectivity index (χ2v) is 7.95. The first-order chi connectivity index (χ1) is 13.9. The minimum atomic E-state index is -1.34. The number of carbonyl (C=O) groups excluding carboxylic acids is 2. The van der Waals surface area contributed by atoms with E-state index in [0.29, 0.717) is 16.1 Å². The van der Waals surface area contributed by atoms with Gasteiger partial charge >= 0.3 is 5.97 Å². The van der Waals surface area contributed by atoms with Crippen LogP contribution < -0.4 is 10.6 Å². The van der Waals surface area contributed by atoms with Gasteiger partial charge in [0.05, 0.1) is 17.0 Å². The molecule has 2 aliphatic heterocycles. The molecule has 2 aliphatic rings. The number of hydrogen-bond acceptors (Lipinski definition) is 4. The molecule has 2 amide bonds. The summed E-state index contributed by atoms with van der Waals surface area (Å²) in [6.45, 7) is 0. The van der Waals surface area contributed by atoms with Gasteiger partial charge < -0.3 is 15.7 Å². The summed E-state index contributed by atoms with van der Waals surface area (Å²) in [6, 6.07) is 12.8. The maximum Gasteiger partial charge on any atom is 0.346 e. The molecule has 29 heavy (non-hydrogen) atoms. The first-order valence-electron chi connectivity index (χ1n) is 8.80. The topological polar surface area (TPSA) is 95.5 Å². The summed E-state index contributed by atoms with van der Waals surface area (Å²) in [5.74, 6) is -2.69. The van der Waals surface area contributed by atoms with Gasteiger partial charge in [-0.25, -0.2) is 9.18 Å². The smallest absolute Gasteiger partial charge is 0.346 e. The van der Waals surface area contributed by atoms with Crippen molar-refractivity contribution in [2.24, 2.45) is 0 Å². The number of hydrogen-bond donors (Lipinski definition) is 3. The average molecular weight is 408 g/mol. The first kappa shape index (κ1) is 17.6. The van der Waals surface area contributed by atoms with Crippen molar-refractivity contribution in [3.05, 3.63) is 69.7 Å². The molecular weight excluding hydrogens is 395 g/mol. The number of benzene rings is 2. The highest BCUT2D eigenvalue weighted by Gasteiger charge is 2.55. The van der Waals surface area contributed by atoms with Gasteiger partial charge in [-0.1, -0.05) is 36.4 Å². The Morgan fingerprint density at radius 3 is 2.55 bits per heavy atom. The van der Waals surface area contributed by atoms with Crippen molar-refractivity contribution in [1.82, 2.24) is 0 Å². The number of fused-ring (bicyclic) bond motifs is 4. The van der Waals surface area contributed by atoms with Crippen LogP contribution >= 0.6 is 11.3 Å². The van der Waals surface area contributed by atoms with Crippen molar-refractivity contribution in [2.45, 2.75) is 11.8 Å². The molecule has 1 spiro atoms. The zero-order chi connectivity index (χ0) is 20.3. The minimum Gasteiger partial charge on any atom is -0.477 e. The lowest BCUT2D eigenvalue weighted by atomic mass is 9.74. The summed E-state index contributed by atoms with van der Waals surface area (Å²) in [7, 11) is 0. The number of para-hydroxylation sites is 1. The Hall–Kier alpha value is -3.52. The van der Waals surface area contributed by atoms with Crippen LogP contribution in [-0.2, 0) is 15.0 Å². The lowest BCUT2D eigenvalue weighted by Gasteiger charge is -2.31. The van der Waals surface area contributed by atoms with Crippen LogP contribution in [0, 0.1) is 5.82 Å². The van der Waals surface area contributed by atoms with Crippen LogP contribution in [0.1, 0.15) is 26.5 Å². The van der Waals surface area contributed by atoms with Crippen LogP contribution in [0.3, 0.4) is 0 Å². The molecule has 3 aromatic rings. The highest BCUT2D eigenvalue weighted by molar-refractivity contribution is 7.15. The monoisotopic (exact) mass is 408 g/mol. The van der Waals surface area contributed by atoms with Gasteiger partial charge in [0.25, 0.3) is 0 Å². The predicted octanol–water partition coefficient (Wildman–Crippen LogP) is 3.83. The third-order valence-corrected chi connectivity index (χ3v) is 6.69. The van der Waals surface area contributed by atoms with E-state index in [9.17, 15) is 23.9 Å². The normalized spacial score (nSPS) is 19.5. The van der Waals surface area contributed by atoms with Crippen LogP contribution in [0.5, 0.6) is 0 Å². The van der Waals surface area contributed by atoms with Gasteiger partial charge in [0, 0.05) is 16.8 Å². The van der Waals surface area contributed by atoms with E-state index in [0.717, 1.165) is 11.3 Å². The Labute approximate surface area is 168 Å². The van der Waals surface area contributed by atoms with Crippen molar-refractivity contribution in [3.8, 4) is 11.1 Å². The van der Waals surface area contributed by atoms with Crippen molar-refractivity contribution < 1.29 is 23.9 Å². The molecule has 0 saturated heterocycles. The number of thiophene rings is 1. The molecule has 8 heteroatoms. The van der Waals surface area contributed by atoms with Gasteiger partial charge in [0.2, 0.25) is 11.8 Å². The van der Waals surface area contributed by atoms with E-state index in [1.54, 1.807) is 30.3 Å². The zero-order valence-corrected chi connectivity index (χ0v) is 15.6. The molecule has 0 saturated carbocycles. The molecule has 3 N–H and O–H groups in total. The number of carboxylic acids is 1. The molecule has 0 fully saturated rings. The Morgan fingerprint density at radius 1 is 1.07 bits per heavy atom. The molecule has 0 bridgehead atoms. The van der Waals surface area contributed by atoms with Crippen molar-refractivity contribution in [2.75, 3.05) is 10.6 Å². The van der Waals surface area contributed by atoms with Gasteiger partial charge in [-0.05, 0) is 17.7 Å². The van der Waals surface area contributed by atoms with Crippen LogP contribution in [0.4, 0.5) is 15.8 Å². The molecule has 0 aliphatic carbocycles. The van der Waals surface area contributed by atoms with Crippen LogP contribution in [-0.4, -0.2) is 22.9 Å². The van der Waals surface area contributed by atoms with Crippen LogP contribution in [0.15, 0.2) is 48.5 Å².